The number of carbonyl (C=O) groups excluding carboxylic acids is 6. The van der Waals surface area contributed by atoms with E-state index in [2.05, 4.69) is 38.8 Å². The number of carbonyl (C=O) groups is 6. The number of unbranched alkanes of at least 4 members (excludes halogenated alkanes) is 4. The summed E-state index contributed by atoms with van der Waals surface area (Å²) in [6, 6.07) is 0. The molecule has 0 heterocycles. The highest BCUT2D eigenvalue weighted by molar-refractivity contribution is 5.77. The van der Waals surface area contributed by atoms with Crippen molar-refractivity contribution in [2.45, 2.75) is 157 Å². The first kappa shape index (κ1) is 57.0. The Balaban J connectivity index is -0.00000678. The minimum absolute atomic E-state index is 0.0255. The van der Waals surface area contributed by atoms with E-state index in [1.165, 1.54) is 0 Å². The van der Waals surface area contributed by atoms with Crippen LogP contribution in [-0.4, -0.2) is 114 Å². The van der Waals surface area contributed by atoms with E-state index in [-0.39, 0.29) is 87.7 Å². The van der Waals surface area contributed by atoms with Crippen molar-refractivity contribution in [3.05, 3.63) is 0 Å². The molecule has 0 spiro atoms. The van der Waals surface area contributed by atoms with E-state index < -0.39 is 6.10 Å². The Labute approximate surface area is 339 Å². The second-order valence-corrected chi connectivity index (χ2v) is 12.7. The van der Waals surface area contributed by atoms with Crippen LogP contribution in [0.5, 0.6) is 0 Å². The Kier molecular flexibility index (Phi) is 46.9. The molecule has 0 aliphatic heterocycles. The molecule has 6 amide bonds. The van der Waals surface area contributed by atoms with E-state index in [9.17, 15) is 28.8 Å². The van der Waals surface area contributed by atoms with Crippen molar-refractivity contribution in [2.75, 3.05) is 72.3 Å². The van der Waals surface area contributed by atoms with E-state index in [1.807, 2.05) is 41.5 Å². The molecular formula is C41H82N6O9. The maximum atomic E-state index is 12.3. The van der Waals surface area contributed by atoms with Crippen LogP contribution in [0.4, 0.5) is 0 Å². The molecule has 0 saturated heterocycles. The summed E-state index contributed by atoms with van der Waals surface area (Å²) in [5.41, 5.74) is 0. The second kappa shape index (κ2) is 46.1. The van der Waals surface area contributed by atoms with Crippen molar-refractivity contribution in [3.63, 3.8) is 0 Å². The molecule has 0 aromatic carbocycles. The molecule has 0 aliphatic rings. The van der Waals surface area contributed by atoms with Gasteiger partial charge in [0.25, 0.3) is 0 Å². The molecule has 330 valence electrons. The monoisotopic (exact) mass is 803 g/mol. The third kappa shape index (κ3) is 43.4. The highest BCUT2D eigenvalue weighted by Crippen LogP contribution is 2.01. The number of amides is 6. The molecule has 0 bridgehead atoms. The number of rotatable bonds is 36. The first-order chi connectivity index (χ1) is 27.2. The SMILES string of the molecule is CC.CC.CCCCCC(=O)NCCCNC(=O)CCOC(COCCC(=O)NCCCNC(=O)CCCC)COCCC(=O)NCCCNC(=O)CCCC. The number of ether oxygens (including phenoxy) is 3. The Morgan fingerprint density at radius 2 is 0.661 bits per heavy atom. The fourth-order valence-corrected chi connectivity index (χ4v) is 4.59. The Hall–Kier alpha value is -3.30. The number of nitrogens with one attached hydrogen (secondary N) is 6. The average molecular weight is 803 g/mol. The highest BCUT2D eigenvalue weighted by Gasteiger charge is 2.13. The lowest BCUT2D eigenvalue weighted by atomic mass is 10.2. The van der Waals surface area contributed by atoms with Gasteiger partial charge in [0, 0.05) is 77.8 Å². The van der Waals surface area contributed by atoms with E-state index in [1.54, 1.807) is 0 Å². The number of hydrogen-bond donors (Lipinski definition) is 6. The van der Waals surface area contributed by atoms with Gasteiger partial charge in [0.1, 0.15) is 6.10 Å². The Bertz CT molecular complexity index is 922. The molecule has 0 rings (SSSR count). The summed E-state index contributed by atoms with van der Waals surface area (Å²) >= 11 is 0. The van der Waals surface area contributed by atoms with Gasteiger partial charge in [0.15, 0.2) is 0 Å². The van der Waals surface area contributed by atoms with Gasteiger partial charge in [-0.05, 0) is 38.5 Å². The molecule has 6 N–H and O–H groups in total. The Morgan fingerprint density at radius 1 is 0.375 bits per heavy atom. The lowest BCUT2D eigenvalue weighted by Gasteiger charge is -2.18. The molecule has 0 aromatic heterocycles. The summed E-state index contributed by atoms with van der Waals surface area (Å²) in [6.45, 7) is 17.7. The topological polar surface area (TPSA) is 202 Å². The van der Waals surface area contributed by atoms with E-state index in [4.69, 9.17) is 14.2 Å². The molecule has 0 saturated carbocycles. The van der Waals surface area contributed by atoms with Crippen molar-refractivity contribution in [2.24, 2.45) is 0 Å². The zero-order valence-electron chi connectivity index (χ0n) is 36.3. The van der Waals surface area contributed by atoms with Gasteiger partial charge in [0.2, 0.25) is 35.4 Å². The molecule has 0 atom stereocenters. The van der Waals surface area contributed by atoms with Crippen molar-refractivity contribution in [1.82, 2.24) is 31.9 Å². The third-order valence-corrected chi connectivity index (χ3v) is 7.75. The highest BCUT2D eigenvalue weighted by atomic mass is 16.6. The maximum absolute atomic E-state index is 12.3. The largest absolute Gasteiger partial charge is 0.378 e. The summed E-state index contributed by atoms with van der Waals surface area (Å²) < 4.78 is 17.2. The van der Waals surface area contributed by atoms with Crippen molar-refractivity contribution in [3.8, 4) is 0 Å². The molecule has 56 heavy (non-hydrogen) atoms. The summed E-state index contributed by atoms with van der Waals surface area (Å²) in [4.78, 5) is 71.8. The fraction of sp³-hybridized carbons (Fsp3) is 0.854. The third-order valence-electron chi connectivity index (χ3n) is 7.75. The van der Waals surface area contributed by atoms with Crippen LogP contribution in [-0.2, 0) is 43.0 Å². The molecule has 15 nitrogen and oxygen atoms in total. The summed E-state index contributed by atoms with van der Waals surface area (Å²) in [6.07, 6.45) is 10.00. The minimum Gasteiger partial charge on any atom is -0.378 e. The van der Waals surface area contributed by atoms with Gasteiger partial charge in [-0.1, -0.05) is 74.1 Å². The number of hydrogen-bond acceptors (Lipinski definition) is 9. The predicted molar refractivity (Wildman–Crippen MR) is 223 cm³/mol. The van der Waals surface area contributed by atoms with Gasteiger partial charge in [-0.2, -0.15) is 0 Å². The zero-order chi connectivity index (χ0) is 42.5. The molecule has 0 unspecified atom stereocenters. The molecule has 0 radical (unpaired) electrons. The van der Waals surface area contributed by atoms with Crippen LogP contribution in [0, 0.1) is 0 Å². The van der Waals surface area contributed by atoms with E-state index in [0.29, 0.717) is 77.8 Å². The molecule has 0 aromatic rings. The van der Waals surface area contributed by atoms with Crippen molar-refractivity contribution >= 4 is 35.4 Å². The van der Waals surface area contributed by atoms with Crippen LogP contribution in [0.2, 0.25) is 0 Å². The van der Waals surface area contributed by atoms with Gasteiger partial charge >= 0.3 is 0 Å². The van der Waals surface area contributed by atoms with E-state index >= 15 is 0 Å². The molecule has 0 aliphatic carbocycles. The maximum Gasteiger partial charge on any atom is 0.222 e. The summed E-state index contributed by atoms with van der Waals surface area (Å²) in [5, 5.41) is 17.0. The smallest absolute Gasteiger partial charge is 0.222 e. The second-order valence-electron chi connectivity index (χ2n) is 12.7. The first-order valence-electron chi connectivity index (χ1n) is 21.6. The standard InChI is InChI=1S/C37H70N6O9.2C2H6/c1-4-7-10-16-34(46)40-22-13-25-43-37(49)19-28-52-31(29-50-26-17-35(47)41-23-11-20-38-32(44)14-8-5-2)30-51-27-18-36(48)42-24-12-21-39-33(45)15-9-6-3;2*1-2/h31H,4-30H2,1-3H3,(H,38,44)(H,39,45)(H,40,46)(H,41,47)(H,42,48)(H,43,49);2*1-2H3. The molecule has 0 fully saturated rings. The van der Waals surface area contributed by atoms with Gasteiger partial charge in [0.05, 0.1) is 33.0 Å². The van der Waals surface area contributed by atoms with Crippen LogP contribution < -0.4 is 31.9 Å². The quantitative estimate of drug-likeness (QED) is 0.0495. The van der Waals surface area contributed by atoms with Crippen LogP contribution >= 0.6 is 0 Å². The fourth-order valence-electron chi connectivity index (χ4n) is 4.59. The van der Waals surface area contributed by atoms with Gasteiger partial charge in [-0.3, -0.25) is 28.8 Å². The van der Waals surface area contributed by atoms with Crippen LogP contribution in [0.15, 0.2) is 0 Å². The lowest BCUT2D eigenvalue weighted by molar-refractivity contribution is -0.126. The first-order valence-corrected chi connectivity index (χ1v) is 21.6. The van der Waals surface area contributed by atoms with Gasteiger partial charge < -0.3 is 46.1 Å². The average Bonchev–Trinajstić information content (AvgIpc) is 3.20. The van der Waals surface area contributed by atoms with Crippen molar-refractivity contribution in [1.29, 1.82) is 0 Å². The van der Waals surface area contributed by atoms with Crippen LogP contribution in [0.3, 0.4) is 0 Å². The normalized spacial score (nSPS) is 10.3. The van der Waals surface area contributed by atoms with Crippen molar-refractivity contribution < 1.29 is 43.0 Å². The summed E-state index contributed by atoms with van der Waals surface area (Å²) in [5.74, 6) is -0.420. The van der Waals surface area contributed by atoms with Crippen LogP contribution in [0.1, 0.15) is 151 Å². The van der Waals surface area contributed by atoms with Gasteiger partial charge in [-0.25, -0.2) is 0 Å². The van der Waals surface area contributed by atoms with E-state index in [0.717, 1.165) is 44.9 Å². The summed E-state index contributed by atoms with van der Waals surface area (Å²) in [7, 11) is 0. The lowest BCUT2D eigenvalue weighted by Crippen LogP contribution is -2.32. The van der Waals surface area contributed by atoms with Crippen LogP contribution in [0.25, 0.3) is 0 Å². The Morgan fingerprint density at radius 3 is 0.982 bits per heavy atom. The van der Waals surface area contributed by atoms with Gasteiger partial charge in [-0.15, -0.1) is 0 Å². The predicted octanol–water partition coefficient (Wildman–Crippen LogP) is 4.46. The zero-order valence-corrected chi connectivity index (χ0v) is 36.3. The molecule has 15 heteroatoms. The minimum atomic E-state index is -0.519. The molecular weight excluding hydrogens is 720 g/mol.